The molecule has 0 aliphatic heterocycles. The Kier molecular flexibility index (Phi) is 7.95. The maximum atomic E-state index is 11.7. The number of hydrogen-bond acceptors (Lipinski definition) is 4. The molecule has 0 aromatic heterocycles. The van der Waals surface area contributed by atoms with Gasteiger partial charge in [0, 0.05) is 19.2 Å². The zero-order valence-corrected chi connectivity index (χ0v) is 13.7. The van der Waals surface area contributed by atoms with Crippen molar-refractivity contribution in [1.29, 1.82) is 0 Å². The van der Waals surface area contributed by atoms with E-state index in [4.69, 9.17) is 21.7 Å². The van der Waals surface area contributed by atoms with Crippen LogP contribution in [0.2, 0.25) is 0 Å². The number of rotatable bonds is 6. The number of carbonyl (C=O) groups is 1. The van der Waals surface area contributed by atoms with Gasteiger partial charge in [-0.3, -0.25) is 15.6 Å². The predicted octanol–water partition coefficient (Wildman–Crippen LogP) is 1.24. The van der Waals surface area contributed by atoms with Crippen LogP contribution < -0.4 is 20.9 Å². The molecule has 1 amide bonds. The van der Waals surface area contributed by atoms with Crippen molar-refractivity contribution in [1.82, 2.24) is 16.2 Å². The summed E-state index contributed by atoms with van der Waals surface area (Å²) in [5.74, 6) is 0.462. The molecule has 22 heavy (non-hydrogen) atoms. The van der Waals surface area contributed by atoms with Crippen molar-refractivity contribution < 1.29 is 14.3 Å². The molecule has 0 unspecified atom stereocenters. The van der Waals surface area contributed by atoms with Crippen LogP contribution in [-0.4, -0.2) is 37.9 Å². The second-order valence-electron chi connectivity index (χ2n) is 4.55. The van der Waals surface area contributed by atoms with Crippen molar-refractivity contribution in [2.45, 2.75) is 13.0 Å². The van der Waals surface area contributed by atoms with Gasteiger partial charge in [0.2, 0.25) is 0 Å². The first-order chi connectivity index (χ1) is 10.5. The summed E-state index contributed by atoms with van der Waals surface area (Å²) in [5, 5.41) is 3.29. The van der Waals surface area contributed by atoms with Gasteiger partial charge >= 0.3 is 0 Å². The topological polar surface area (TPSA) is 71.6 Å². The lowest BCUT2D eigenvalue weighted by Gasteiger charge is -2.15. The zero-order chi connectivity index (χ0) is 16.4. The predicted molar refractivity (Wildman–Crippen MR) is 90.4 cm³/mol. The van der Waals surface area contributed by atoms with Crippen molar-refractivity contribution in [2.24, 2.45) is 0 Å². The molecule has 6 nitrogen and oxygen atoms in total. The van der Waals surface area contributed by atoms with Gasteiger partial charge < -0.3 is 14.8 Å². The van der Waals surface area contributed by atoms with Crippen molar-refractivity contribution in [3.8, 4) is 5.75 Å². The Morgan fingerprint density at radius 2 is 1.95 bits per heavy atom. The SMILES string of the molecule is COC[C@@H](C)NC(=S)NNC(=O)/C=C/c1ccc(OC)cc1. The molecule has 0 radical (unpaired) electrons. The number of ether oxygens (including phenoxy) is 2. The third-order valence-electron chi connectivity index (χ3n) is 2.64. The Balaban J connectivity index is 2.35. The number of nitrogens with one attached hydrogen (secondary N) is 3. The summed E-state index contributed by atoms with van der Waals surface area (Å²) in [4.78, 5) is 11.7. The summed E-state index contributed by atoms with van der Waals surface area (Å²) in [5.41, 5.74) is 5.99. The Hall–Kier alpha value is -2.12. The molecule has 1 aromatic carbocycles. The Labute approximate surface area is 135 Å². The molecule has 1 aromatic rings. The molecule has 0 saturated carbocycles. The molecule has 0 saturated heterocycles. The zero-order valence-electron chi connectivity index (χ0n) is 12.9. The number of methoxy groups -OCH3 is 2. The Bertz CT molecular complexity index is 517. The van der Waals surface area contributed by atoms with E-state index < -0.39 is 0 Å². The highest BCUT2D eigenvalue weighted by atomic mass is 32.1. The summed E-state index contributed by atoms with van der Waals surface area (Å²) in [6.45, 7) is 2.44. The first-order valence-corrected chi connectivity index (χ1v) is 7.13. The average molecular weight is 323 g/mol. The van der Waals surface area contributed by atoms with Crippen LogP contribution in [0, 0.1) is 0 Å². The molecule has 1 rings (SSSR count). The van der Waals surface area contributed by atoms with Gasteiger partial charge in [-0.05, 0) is 42.9 Å². The van der Waals surface area contributed by atoms with Crippen LogP contribution in [0.3, 0.4) is 0 Å². The first-order valence-electron chi connectivity index (χ1n) is 6.72. The monoisotopic (exact) mass is 323 g/mol. The molecule has 0 aliphatic carbocycles. The van der Waals surface area contributed by atoms with E-state index in [9.17, 15) is 4.79 Å². The standard InChI is InChI=1S/C15H21N3O3S/c1-11(10-20-2)16-15(22)18-17-14(19)9-6-12-4-7-13(21-3)8-5-12/h4-9,11H,10H2,1-3H3,(H,17,19)(H2,16,18,22)/b9-6+/t11-/m1/s1. The molecule has 1 atom stereocenters. The average Bonchev–Trinajstić information content (AvgIpc) is 2.51. The van der Waals surface area contributed by atoms with E-state index in [0.29, 0.717) is 11.7 Å². The van der Waals surface area contributed by atoms with Gasteiger partial charge in [0.15, 0.2) is 5.11 Å². The van der Waals surface area contributed by atoms with E-state index in [2.05, 4.69) is 16.2 Å². The molecular weight excluding hydrogens is 302 g/mol. The molecule has 120 valence electrons. The van der Waals surface area contributed by atoms with E-state index in [0.717, 1.165) is 11.3 Å². The van der Waals surface area contributed by atoms with Crippen molar-refractivity contribution >= 4 is 29.3 Å². The Morgan fingerprint density at radius 3 is 2.55 bits per heavy atom. The van der Waals surface area contributed by atoms with Crippen LogP contribution in [0.5, 0.6) is 5.75 Å². The van der Waals surface area contributed by atoms with Gasteiger partial charge in [-0.2, -0.15) is 0 Å². The maximum absolute atomic E-state index is 11.7. The number of carbonyl (C=O) groups excluding carboxylic acids is 1. The van der Waals surface area contributed by atoms with Crippen LogP contribution in [0.25, 0.3) is 6.08 Å². The minimum atomic E-state index is -0.306. The second kappa shape index (κ2) is 9.75. The van der Waals surface area contributed by atoms with Crippen molar-refractivity contribution in [3.05, 3.63) is 35.9 Å². The first kappa shape index (κ1) is 17.9. The van der Waals surface area contributed by atoms with E-state index >= 15 is 0 Å². The van der Waals surface area contributed by atoms with Gasteiger partial charge in [-0.1, -0.05) is 12.1 Å². The normalized spacial score (nSPS) is 11.8. The molecule has 7 heteroatoms. The van der Waals surface area contributed by atoms with Gasteiger partial charge in [0.1, 0.15) is 5.75 Å². The van der Waals surface area contributed by atoms with Crippen molar-refractivity contribution in [3.63, 3.8) is 0 Å². The van der Waals surface area contributed by atoms with E-state index in [1.54, 1.807) is 20.3 Å². The lowest BCUT2D eigenvalue weighted by Crippen LogP contribution is -2.49. The molecule has 0 spiro atoms. The molecule has 0 fully saturated rings. The number of hydrogen-bond donors (Lipinski definition) is 3. The number of hydrazine groups is 1. The fourth-order valence-electron chi connectivity index (χ4n) is 1.60. The number of amides is 1. The lowest BCUT2D eigenvalue weighted by molar-refractivity contribution is -0.116. The third kappa shape index (κ3) is 7.05. The summed E-state index contributed by atoms with van der Waals surface area (Å²) >= 11 is 5.04. The lowest BCUT2D eigenvalue weighted by atomic mass is 10.2. The maximum Gasteiger partial charge on any atom is 0.262 e. The smallest absolute Gasteiger partial charge is 0.262 e. The summed E-state index contributed by atoms with van der Waals surface area (Å²) < 4.78 is 10.0. The highest BCUT2D eigenvalue weighted by Gasteiger charge is 2.03. The summed E-state index contributed by atoms with van der Waals surface area (Å²) in [7, 11) is 3.22. The number of thiocarbonyl (C=S) groups is 1. The summed E-state index contributed by atoms with van der Waals surface area (Å²) in [6, 6.07) is 7.42. The fourth-order valence-corrected chi connectivity index (χ4v) is 1.85. The second-order valence-corrected chi connectivity index (χ2v) is 4.96. The van der Waals surface area contributed by atoms with Crippen molar-refractivity contribution in [2.75, 3.05) is 20.8 Å². The van der Waals surface area contributed by atoms with Crippen LogP contribution in [-0.2, 0) is 9.53 Å². The highest BCUT2D eigenvalue weighted by Crippen LogP contribution is 2.11. The molecule has 3 N–H and O–H groups in total. The number of benzene rings is 1. The van der Waals surface area contributed by atoms with Crippen LogP contribution in [0.4, 0.5) is 0 Å². The Morgan fingerprint density at radius 1 is 1.27 bits per heavy atom. The molecular formula is C15H21N3O3S. The van der Waals surface area contributed by atoms with Gasteiger partial charge in [-0.15, -0.1) is 0 Å². The van der Waals surface area contributed by atoms with Crippen LogP contribution in [0.1, 0.15) is 12.5 Å². The molecule has 0 heterocycles. The fraction of sp³-hybridized carbons (Fsp3) is 0.333. The van der Waals surface area contributed by atoms with E-state index in [1.165, 1.54) is 6.08 Å². The van der Waals surface area contributed by atoms with E-state index in [1.807, 2.05) is 31.2 Å². The highest BCUT2D eigenvalue weighted by molar-refractivity contribution is 7.80. The van der Waals surface area contributed by atoms with E-state index in [-0.39, 0.29) is 11.9 Å². The van der Waals surface area contributed by atoms with Crippen LogP contribution >= 0.6 is 12.2 Å². The van der Waals surface area contributed by atoms with Gasteiger partial charge in [0.05, 0.1) is 13.7 Å². The molecule has 0 aliphatic rings. The largest absolute Gasteiger partial charge is 0.497 e. The third-order valence-corrected chi connectivity index (χ3v) is 2.86. The van der Waals surface area contributed by atoms with Crippen LogP contribution in [0.15, 0.2) is 30.3 Å². The summed E-state index contributed by atoms with van der Waals surface area (Å²) in [6.07, 6.45) is 3.11. The van der Waals surface area contributed by atoms with Gasteiger partial charge in [0.25, 0.3) is 5.91 Å². The van der Waals surface area contributed by atoms with Gasteiger partial charge in [-0.25, -0.2) is 0 Å². The molecule has 0 bridgehead atoms. The quantitative estimate of drug-likeness (QED) is 0.416. The minimum Gasteiger partial charge on any atom is -0.497 e. The minimum absolute atomic E-state index is 0.0525.